The van der Waals surface area contributed by atoms with Gasteiger partial charge in [-0.1, -0.05) is 0 Å². The van der Waals surface area contributed by atoms with Crippen LogP contribution in [0, 0.1) is 0 Å². The van der Waals surface area contributed by atoms with Gasteiger partial charge in [0.05, 0.1) is 0 Å². The Morgan fingerprint density at radius 2 is 1.43 bits per heavy atom. The Bertz CT molecular complexity index is 50.9. The number of rotatable bonds is 0. The first-order valence-electron chi connectivity index (χ1n) is 0.885. The Morgan fingerprint density at radius 3 is 1.43 bits per heavy atom. The summed E-state index contributed by atoms with van der Waals surface area (Å²) in [6.07, 6.45) is -3.04. The molecule has 0 saturated carbocycles. The Labute approximate surface area is 44.5 Å². The molecule has 7 heavy (non-hydrogen) atoms. The Kier molecular flexibility index (Phi) is 20.9. The molecule has 0 saturated heterocycles. The maximum Gasteiger partial charge on any atom is 0.298 e. The first-order valence-corrected chi connectivity index (χ1v) is 0.885. The van der Waals surface area contributed by atoms with E-state index >= 15 is 0 Å². The lowest BCUT2D eigenvalue weighted by Gasteiger charge is -1.59. The SMILES string of the molecule is Cl.FC=C(F)F.O. The molecule has 0 aromatic carbocycles. The van der Waals surface area contributed by atoms with E-state index in [1.165, 1.54) is 0 Å². The highest BCUT2D eigenvalue weighted by molar-refractivity contribution is 5.85. The van der Waals surface area contributed by atoms with Crippen molar-refractivity contribution in [1.82, 2.24) is 0 Å². The highest BCUT2D eigenvalue weighted by Gasteiger charge is 1.78. The summed E-state index contributed by atoms with van der Waals surface area (Å²) in [7, 11) is 0. The quantitative estimate of drug-likeness (QED) is 0.481. The van der Waals surface area contributed by atoms with Gasteiger partial charge in [0.25, 0.3) is 6.08 Å². The molecule has 0 fully saturated rings. The zero-order chi connectivity index (χ0) is 4.28. The van der Waals surface area contributed by atoms with E-state index in [1.807, 2.05) is 0 Å². The van der Waals surface area contributed by atoms with Gasteiger partial charge in [0, 0.05) is 0 Å². The van der Waals surface area contributed by atoms with Crippen molar-refractivity contribution >= 4 is 12.4 Å². The minimum absolute atomic E-state index is 0. The average Bonchev–Trinajstić information content (AvgIpc) is 1.38. The summed E-state index contributed by atoms with van der Waals surface area (Å²) in [5.41, 5.74) is 0. The fourth-order valence-corrected chi connectivity index (χ4v) is 0. The van der Waals surface area contributed by atoms with E-state index in [0.717, 1.165) is 0 Å². The smallest absolute Gasteiger partial charge is 0.298 e. The van der Waals surface area contributed by atoms with Crippen molar-refractivity contribution in [3.8, 4) is 0 Å². The second kappa shape index (κ2) is 9.24. The van der Waals surface area contributed by atoms with Crippen LogP contribution in [0.4, 0.5) is 13.2 Å². The van der Waals surface area contributed by atoms with Crippen molar-refractivity contribution in [2.75, 3.05) is 0 Å². The van der Waals surface area contributed by atoms with Gasteiger partial charge in [-0.15, -0.1) is 12.4 Å². The number of halogens is 4. The highest BCUT2D eigenvalue weighted by Crippen LogP contribution is 1.93. The Hall–Kier alpha value is -0.220. The third-order valence-electron chi connectivity index (χ3n) is 0.0825. The fourth-order valence-electron chi connectivity index (χ4n) is 0. The van der Waals surface area contributed by atoms with Crippen LogP contribution in [0.1, 0.15) is 0 Å². The van der Waals surface area contributed by atoms with Crippen LogP contribution in [0.3, 0.4) is 0 Å². The topological polar surface area (TPSA) is 31.5 Å². The van der Waals surface area contributed by atoms with Gasteiger partial charge < -0.3 is 5.48 Å². The van der Waals surface area contributed by atoms with Crippen LogP contribution in [0.25, 0.3) is 0 Å². The van der Waals surface area contributed by atoms with Crippen LogP contribution in [0.5, 0.6) is 0 Å². The molecule has 0 atom stereocenters. The maximum atomic E-state index is 10.2. The molecular formula is C2H4ClF3O. The molecule has 0 aromatic heterocycles. The zero-order valence-electron chi connectivity index (χ0n) is 3.12. The lowest BCUT2D eigenvalue weighted by atomic mass is 11.1. The summed E-state index contributed by atoms with van der Waals surface area (Å²) < 4.78 is 30.7. The molecule has 0 aliphatic heterocycles. The molecule has 0 heterocycles. The molecule has 0 unspecified atom stereocenters. The Balaban J connectivity index is -0.0000000800. The molecule has 1 nitrogen and oxygen atoms in total. The van der Waals surface area contributed by atoms with Crippen molar-refractivity contribution in [3.63, 3.8) is 0 Å². The molecular weight excluding hydrogens is 132 g/mol. The highest BCUT2D eigenvalue weighted by atomic mass is 35.5. The predicted molar refractivity (Wildman–Crippen MR) is 22.3 cm³/mol. The minimum atomic E-state index is -2.29. The third kappa shape index (κ3) is 26.1. The van der Waals surface area contributed by atoms with Crippen molar-refractivity contribution in [2.24, 2.45) is 0 Å². The van der Waals surface area contributed by atoms with E-state index in [9.17, 15) is 13.2 Å². The molecule has 0 radical (unpaired) electrons. The van der Waals surface area contributed by atoms with Gasteiger partial charge >= 0.3 is 0 Å². The largest absolute Gasteiger partial charge is 0.412 e. The van der Waals surface area contributed by atoms with Crippen LogP contribution in [0.15, 0.2) is 12.4 Å². The number of hydrogen-bond acceptors (Lipinski definition) is 0. The van der Waals surface area contributed by atoms with Crippen molar-refractivity contribution < 1.29 is 18.6 Å². The van der Waals surface area contributed by atoms with E-state index in [0.29, 0.717) is 0 Å². The average molecular weight is 136 g/mol. The van der Waals surface area contributed by atoms with Crippen molar-refractivity contribution in [3.05, 3.63) is 12.4 Å². The molecule has 46 valence electrons. The van der Waals surface area contributed by atoms with Crippen LogP contribution < -0.4 is 0 Å². The van der Waals surface area contributed by atoms with E-state index in [2.05, 4.69) is 0 Å². The van der Waals surface area contributed by atoms with Crippen molar-refractivity contribution in [1.29, 1.82) is 0 Å². The molecule has 0 amide bonds. The van der Waals surface area contributed by atoms with E-state index in [4.69, 9.17) is 0 Å². The molecule has 0 bridgehead atoms. The molecule has 0 aliphatic rings. The first-order chi connectivity index (χ1) is 2.27. The fraction of sp³-hybridized carbons (Fsp3) is 0. The van der Waals surface area contributed by atoms with E-state index in [-0.39, 0.29) is 17.9 Å². The molecule has 0 aromatic rings. The molecule has 5 heteroatoms. The maximum absolute atomic E-state index is 10.2. The van der Waals surface area contributed by atoms with Crippen molar-refractivity contribution in [2.45, 2.75) is 0 Å². The van der Waals surface area contributed by atoms with Gasteiger partial charge in [0.2, 0.25) is 0 Å². The van der Waals surface area contributed by atoms with E-state index in [1.54, 1.807) is 0 Å². The third-order valence-corrected chi connectivity index (χ3v) is 0.0825. The van der Waals surface area contributed by atoms with Crippen LogP contribution in [0.2, 0.25) is 0 Å². The standard InChI is InChI=1S/C2HF3.ClH.H2O/c3-1-2(4)5;;/h1H;1H;1H2. The summed E-state index contributed by atoms with van der Waals surface area (Å²) in [4.78, 5) is 0. The molecule has 0 aliphatic carbocycles. The molecule has 2 N–H and O–H groups in total. The zero-order valence-corrected chi connectivity index (χ0v) is 3.94. The van der Waals surface area contributed by atoms with Gasteiger partial charge in [-0.3, -0.25) is 0 Å². The summed E-state index contributed by atoms with van der Waals surface area (Å²) in [5, 5.41) is 0. The van der Waals surface area contributed by atoms with Gasteiger partial charge in [-0.2, -0.15) is 8.78 Å². The summed E-state index contributed by atoms with van der Waals surface area (Å²) in [5.74, 6) is 0. The lowest BCUT2D eigenvalue weighted by Crippen LogP contribution is -1.42. The summed E-state index contributed by atoms with van der Waals surface area (Å²) in [6, 6.07) is 0. The van der Waals surface area contributed by atoms with Gasteiger partial charge in [-0.05, 0) is 0 Å². The molecule has 0 rings (SSSR count). The first kappa shape index (κ1) is 15.9. The normalized spacial score (nSPS) is 5.00. The summed E-state index contributed by atoms with van der Waals surface area (Å²) >= 11 is 0. The van der Waals surface area contributed by atoms with E-state index < -0.39 is 12.4 Å². The van der Waals surface area contributed by atoms with Gasteiger partial charge in [-0.25, -0.2) is 4.39 Å². The Morgan fingerprint density at radius 1 is 1.29 bits per heavy atom. The van der Waals surface area contributed by atoms with Crippen LogP contribution >= 0.6 is 12.4 Å². The monoisotopic (exact) mass is 136 g/mol. The second-order valence-corrected chi connectivity index (χ2v) is 0.399. The predicted octanol–water partition coefficient (Wildman–Crippen LogP) is 1.29. The van der Waals surface area contributed by atoms with Crippen LogP contribution in [-0.2, 0) is 0 Å². The second-order valence-electron chi connectivity index (χ2n) is 0.399. The van der Waals surface area contributed by atoms with Gasteiger partial charge in [0.15, 0.2) is 6.33 Å². The summed E-state index contributed by atoms with van der Waals surface area (Å²) in [6.45, 7) is 0. The minimum Gasteiger partial charge on any atom is -0.412 e. The number of hydrogen-bond donors (Lipinski definition) is 0. The van der Waals surface area contributed by atoms with Gasteiger partial charge in [0.1, 0.15) is 0 Å². The lowest BCUT2D eigenvalue weighted by molar-refractivity contribution is 0.400. The van der Waals surface area contributed by atoms with Crippen LogP contribution in [-0.4, -0.2) is 5.48 Å². The molecule has 0 spiro atoms.